The third-order valence-electron chi connectivity index (χ3n) is 5.49. The molecule has 3 nitrogen and oxygen atoms in total. The molecule has 1 saturated carbocycles. The zero-order chi connectivity index (χ0) is 13.8. The second-order valence-electron chi connectivity index (χ2n) is 6.78. The molecular formula is C16H33N3. The van der Waals surface area contributed by atoms with Gasteiger partial charge in [0.15, 0.2) is 0 Å². The van der Waals surface area contributed by atoms with Crippen LogP contribution in [0.25, 0.3) is 0 Å². The summed E-state index contributed by atoms with van der Waals surface area (Å²) in [4.78, 5) is 7.75. The van der Waals surface area contributed by atoms with E-state index in [0.717, 1.165) is 18.1 Å². The maximum atomic E-state index is 2.79. The molecule has 2 fully saturated rings. The molecule has 0 aromatic carbocycles. The Hall–Kier alpha value is -0.120. The lowest BCUT2D eigenvalue weighted by molar-refractivity contribution is 0.0629. The van der Waals surface area contributed by atoms with E-state index in [1.807, 2.05) is 0 Å². The lowest BCUT2D eigenvalue weighted by Crippen LogP contribution is -2.50. The highest BCUT2D eigenvalue weighted by molar-refractivity contribution is 4.87. The molecule has 112 valence electrons. The summed E-state index contributed by atoms with van der Waals surface area (Å²) in [5.74, 6) is 0. The number of hydrogen-bond donors (Lipinski definition) is 0. The Balaban J connectivity index is 1.82. The molecule has 19 heavy (non-hydrogen) atoms. The molecule has 1 heterocycles. The molecule has 0 amide bonds. The molecule has 1 saturated heterocycles. The predicted molar refractivity (Wildman–Crippen MR) is 82.6 cm³/mol. The monoisotopic (exact) mass is 267 g/mol. The normalized spacial score (nSPS) is 31.3. The Morgan fingerprint density at radius 1 is 0.947 bits per heavy atom. The number of rotatable bonds is 4. The van der Waals surface area contributed by atoms with Gasteiger partial charge in [-0.15, -0.1) is 0 Å². The van der Waals surface area contributed by atoms with Crippen LogP contribution in [0.1, 0.15) is 45.4 Å². The summed E-state index contributed by atoms with van der Waals surface area (Å²) in [6.45, 7) is 6.11. The van der Waals surface area contributed by atoms with Crippen molar-refractivity contribution in [3.63, 3.8) is 0 Å². The van der Waals surface area contributed by atoms with Gasteiger partial charge < -0.3 is 14.7 Å². The predicted octanol–water partition coefficient (Wildman–Crippen LogP) is 2.28. The van der Waals surface area contributed by atoms with Crippen LogP contribution >= 0.6 is 0 Å². The minimum Gasteiger partial charge on any atom is -0.306 e. The number of hydrogen-bond acceptors (Lipinski definition) is 3. The zero-order valence-electron chi connectivity index (χ0n) is 13.4. The van der Waals surface area contributed by atoms with E-state index in [-0.39, 0.29) is 0 Å². The first-order valence-corrected chi connectivity index (χ1v) is 8.22. The first kappa shape index (κ1) is 15.3. The molecular weight excluding hydrogens is 234 g/mol. The van der Waals surface area contributed by atoms with E-state index in [9.17, 15) is 0 Å². The third kappa shape index (κ3) is 3.93. The summed E-state index contributed by atoms with van der Waals surface area (Å²) in [5.41, 5.74) is 0. The number of nitrogens with zero attached hydrogens (tertiary/aromatic N) is 3. The largest absolute Gasteiger partial charge is 0.306 e. The molecule has 0 aromatic heterocycles. The number of piperidine rings is 1. The van der Waals surface area contributed by atoms with Gasteiger partial charge in [-0.2, -0.15) is 0 Å². The Labute approximate surface area is 119 Å². The molecule has 2 rings (SSSR count). The highest BCUT2D eigenvalue weighted by atomic mass is 15.2. The SMILES string of the molecule is CCN(C)[C@@H]1CCC[C@H](N2CCC(N(C)C)CC2)C1. The summed E-state index contributed by atoms with van der Waals surface area (Å²) in [6.07, 6.45) is 8.38. The summed E-state index contributed by atoms with van der Waals surface area (Å²) in [7, 11) is 6.76. The lowest BCUT2D eigenvalue weighted by Gasteiger charge is -2.44. The van der Waals surface area contributed by atoms with Crippen LogP contribution in [-0.4, -0.2) is 73.6 Å². The first-order valence-electron chi connectivity index (χ1n) is 8.22. The lowest BCUT2D eigenvalue weighted by atomic mass is 9.87. The molecule has 0 spiro atoms. The van der Waals surface area contributed by atoms with Crippen LogP contribution < -0.4 is 0 Å². The van der Waals surface area contributed by atoms with Crippen LogP contribution in [0.15, 0.2) is 0 Å². The van der Waals surface area contributed by atoms with E-state index in [2.05, 4.69) is 42.8 Å². The van der Waals surface area contributed by atoms with Crippen molar-refractivity contribution >= 4 is 0 Å². The standard InChI is InChI=1S/C16H33N3/c1-5-18(4)15-7-6-8-16(13-15)19-11-9-14(10-12-19)17(2)3/h14-16H,5-13H2,1-4H3/t15-,16+/m1/s1. The Morgan fingerprint density at radius 3 is 2.21 bits per heavy atom. The second kappa shape index (κ2) is 7.05. The quantitative estimate of drug-likeness (QED) is 0.774. The molecule has 0 bridgehead atoms. The van der Waals surface area contributed by atoms with Gasteiger partial charge in [-0.3, -0.25) is 0 Å². The van der Waals surface area contributed by atoms with Gasteiger partial charge in [0.05, 0.1) is 0 Å². The minimum absolute atomic E-state index is 0.814. The molecule has 0 N–H and O–H groups in total. The highest BCUT2D eigenvalue weighted by Crippen LogP contribution is 2.28. The van der Waals surface area contributed by atoms with Gasteiger partial charge >= 0.3 is 0 Å². The van der Waals surface area contributed by atoms with Gasteiger partial charge in [0.25, 0.3) is 0 Å². The van der Waals surface area contributed by atoms with Crippen LogP contribution in [0.2, 0.25) is 0 Å². The van der Waals surface area contributed by atoms with Crippen molar-refractivity contribution < 1.29 is 0 Å². The van der Waals surface area contributed by atoms with Crippen molar-refractivity contribution in [1.82, 2.24) is 14.7 Å². The average molecular weight is 267 g/mol. The van der Waals surface area contributed by atoms with Gasteiger partial charge in [-0.05, 0) is 72.9 Å². The molecule has 1 aliphatic carbocycles. The van der Waals surface area contributed by atoms with Crippen molar-refractivity contribution in [3.8, 4) is 0 Å². The molecule has 0 aromatic rings. The van der Waals surface area contributed by atoms with Gasteiger partial charge in [0.1, 0.15) is 0 Å². The fourth-order valence-corrected chi connectivity index (χ4v) is 3.90. The van der Waals surface area contributed by atoms with Crippen LogP contribution in [0, 0.1) is 0 Å². The van der Waals surface area contributed by atoms with E-state index < -0.39 is 0 Å². The summed E-state index contributed by atoms with van der Waals surface area (Å²) < 4.78 is 0. The molecule has 0 unspecified atom stereocenters. The van der Waals surface area contributed by atoms with Crippen molar-refractivity contribution in [2.75, 3.05) is 40.8 Å². The first-order chi connectivity index (χ1) is 9.11. The fourth-order valence-electron chi connectivity index (χ4n) is 3.90. The van der Waals surface area contributed by atoms with Crippen molar-refractivity contribution in [1.29, 1.82) is 0 Å². The van der Waals surface area contributed by atoms with Gasteiger partial charge in [0, 0.05) is 18.1 Å². The summed E-state index contributed by atoms with van der Waals surface area (Å²) in [5, 5.41) is 0. The zero-order valence-corrected chi connectivity index (χ0v) is 13.4. The maximum Gasteiger partial charge on any atom is 0.0113 e. The van der Waals surface area contributed by atoms with Crippen LogP contribution in [-0.2, 0) is 0 Å². The van der Waals surface area contributed by atoms with E-state index >= 15 is 0 Å². The van der Waals surface area contributed by atoms with E-state index in [1.54, 1.807) is 0 Å². The van der Waals surface area contributed by atoms with Crippen LogP contribution in [0.5, 0.6) is 0 Å². The highest BCUT2D eigenvalue weighted by Gasteiger charge is 2.31. The molecule has 0 radical (unpaired) electrons. The average Bonchev–Trinajstić information content (AvgIpc) is 2.46. The van der Waals surface area contributed by atoms with E-state index in [1.165, 1.54) is 58.2 Å². The van der Waals surface area contributed by atoms with Crippen molar-refractivity contribution in [3.05, 3.63) is 0 Å². The van der Waals surface area contributed by atoms with Gasteiger partial charge in [0.2, 0.25) is 0 Å². The smallest absolute Gasteiger partial charge is 0.0113 e. The van der Waals surface area contributed by atoms with E-state index in [0.29, 0.717) is 0 Å². The molecule has 2 aliphatic rings. The maximum absolute atomic E-state index is 2.79. The molecule has 2 atom stereocenters. The van der Waals surface area contributed by atoms with Crippen molar-refractivity contribution in [2.24, 2.45) is 0 Å². The van der Waals surface area contributed by atoms with Crippen LogP contribution in [0.3, 0.4) is 0 Å². The third-order valence-corrected chi connectivity index (χ3v) is 5.49. The minimum atomic E-state index is 0.814. The molecule has 3 heteroatoms. The van der Waals surface area contributed by atoms with Crippen molar-refractivity contribution in [2.45, 2.75) is 63.6 Å². The summed E-state index contributed by atoms with van der Waals surface area (Å²) in [6, 6.07) is 2.50. The number of likely N-dealkylation sites (tertiary alicyclic amines) is 1. The molecule has 1 aliphatic heterocycles. The summed E-state index contributed by atoms with van der Waals surface area (Å²) >= 11 is 0. The second-order valence-corrected chi connectivity index (χ2v) is 6.78. The Kier molecular flexibility index (Phi) is 5.67. The van der Waals surface area contributed by atoms with Crippen LogP contribution in [0.4, 0.5) is 0 Å². The van der Waals surface area contributed by atoms with Gasteiger partial charge in [-0.1, -0.05) is 13.3 Å². The Morgan fingerprint density at radius 2 is 1.63 bits per heavy atom. The fraction of sp³-hybridized carbons (Fsp3) is 1.00. The Bertz CT molecular complexity index is 259. The van der Waals surface area contributed by atoms with E-state index in [4.69, 9.17) is 0 Å². The van der Waals surface area contributed by atoms with Gasteiger partial charge in [-0.25, -0.2) is 0 Å². The topological polar surface area (TPSA) is 9.72 Å².